The summed E-state index contributed by atoms with van der Waals surface area (Å²) in [6.45, 7) is 0. The molecule has 0 aliphatic heterocycles. The summed E-state index contributed by atoms with van der Waals surface area (Å²) >= 11 is 0. The van der Waals surface area contributed by atoms with E-state index in [0.29, 0.717) is 0 Å². The number of hydrogen-bond acceptors (Lipinski definition) is 2. The molecule has 0 bridgehead atoms. The first-order valence-electron chi connectivity index (χ1n) is 6.68. The van der Waals surface area contributed by atoms with Crippen molar-refractivity contribution in [3.63, 3.8) is 0 Å². The summed E-state index contributed by atoms with van der Waals surface area (Å²) in [5.41, 5.74) is 0. The lowest BCUT2D eigenvalue weighted by Gasteiger charge is -2.15. The van der Waals surface area contributed by atoms with Crippen LogP contribution < -0.4 is 10.6 Å². The second kappa shape index (κ2) is 5.94. The van der Waals surface area contributed by atoms with Gasteiger partial charge in [-0.15, -0.1) is 0 Å². The van der Waals surface area contributed by atoms with Gasteiger partial charge in [-0.1, -0.05) is 60.7 Å². The summed E-state index contributed by atoms with van der Waals surface area (Å²) in [7, 11) is -2.81. The Morgan fingerprint density at radius 2 is 1.43 bits per heavy atom. The Hall–Kier alpha value is -2.38. The third kappa shape index (κ3) is 2.88. The first-order chi connectivity index (χ1) is 10.3. The average molecular weight is 294 g/mol. The highest BCUT2D eigenvalue weighted by atomic mass is 31.2. The fourth-order valence-electron chi connectivity index (χ4n) is 2.15. The van der Waals surface area contributed by atoms with Gasteiger partial charge in [0.05, 0.1) is 0 Å². The molecular formula is C17H15N2OP. The quantitative estimate of drug-likeness (QED) is 0.692. The minimum absolute atomic E-state index is 0.819. The lowest BCUT2D eigenvalue weighted by Crippen LogP contribution is -2.14. The molecule has 0 unspecified atom stereocenters. The van der Waals surface area contributed by atoms with Crippen LogP contribution in [0.2, 0.25) is 0 Å². The molecule has 21 heavy (non-hydrogen) atoms. The highest BCUT2D eigenvalue weighted by Gasteiger charge is 2.23. The second-order valence-electron chi connectivity index (χ2n) is 4.61. The van der Waals surface area contributed by atoms with Crippen molar-refractivity contribution in [1.29, 1.82) is 0 Å². The van der Waals surface area contributed by atoms with E-state index in [1.807, 2.05) is 72.9 Å². The first-order valence-corrected chi connectivity index (χ1v) is 8.46. The highest BCUT2D eigenvalue weighted by molar-refractivity contribution is 7.81. The molecule has 4 heteroatoms. The van der Waals surface area contributed by atoms with Crippen LogP contribution in [-0.4, -0.2) is 9.78 Å². The fourth-order valence-corrected chi connectivity index (χ4v) is 4.35. The van der Waals surface area contributed by atoms with Crippen LogP contribution in [0.1, 0.15) is 0 Å². The van der Waals surface area contributed by atoms with Crippen molar-refractivity contribution in [3.05, 3.63) is 84.9 Å². The van der Waals surface area contributed by atoms with E-state index in [4.69, 9.17) is 0 Å². The predicted molar refractivity (Wildman–Crippen MR) is 87.3 cm³/mol. The van der Waals surface area contributed by atoms with E-state index in [0.717, 1.165) is 10.6 Å². The Bertz CT molecular complexity index is 722. The van der Waals surface area contributed by atoms with Crippen LogP contribution in [0.25, 0.3) is 6.20 Å². The molecule has 2 aromatic carbocycles. The maximum absolute atomic E-state index is 13.6. The molecule has 3 nitrogen and oxygen atoms in total. The van der Waals surface area contributed by atoms with Crippen LogP contribution in [0, 0.1) is 0 Å². The van der Waals surface area contributed by atoms with Gasteiger partial charge in [0.1, 0.15) is 0 Å². The van der Waals surface area contributed by atoms with E-state index in [1.165, 1.54) is 0 Å². The average Bonchev–Trinajstić information content (AvgIpc) is 3.08. The molecular weight excluding hydrogens is 279 g/mol. The molecule has 0 amide bonds. The van der Waals surface area contributed by atoms with Crippen LogP contribution in [0.5, 0.6) is 0 Å². The Morgan fingerprint density at radius 3 is 1.90 bits per heavy atom. The second-order valence-corrected chi connectivity index (χ2v) is 7.26. The van der Waals surface area contributed by atoms with Crippen LogP contribution in [0.3, 0.4) is 0 Å². The molecule has 0 N–H and O–H groups in total. The zero-order chi connectivity index (χ0) is 14.5. The molecule has 104 valence electrons. The van der Waals surface area contributed by atoms with E-state index in [9.17, 15) is 4.57 Å². The van der Waals surface area contributed by atoms with Crippen molar-refractivity contribution in [2.75, 3.05) is 0 Å². The molecule has 1 heterocycles. The summed E-state index contributed by atoms with van der Waals surface area (Å²) in [5, 5.41) is 5.75. The third-order valence-corrected chi connectivity index (χ3v) is 5.92. The molecule has 0 saturated heterocycles. The van der Waals surface area contributed by atoms with E-state index in [1.54, 1.807) is 22.9 Å². The summed E-state index contributed by atoms with van der Waals surface area (Å²) in [4.78, 5) is 0. The van der Waals surface area contributed by atoms with Crippen molar-refractivity contribution >= 4 is 24.0 Å². The Morgan fingerprint density at radius 1 is 0.857 bits per heavy atom. The van der Waals surface area contributed by atoms with Crippen LogP contribution in [0.15, 0.2) is 84.9 Å². The summed E-state index contributed by atoms with van der Waals surface area (Å²) in [6, 6.07) is 20.9. The molecule has 0 atom stereocenters. The molecule has 3 aromatic rings. The molecule has 0 aliphatic rings. The summed E-state index contributed by atoms with van der Waals surface area (Å²) < 4.78 is 15.2. The van der Waals surface area contributed by atoms with Crippen LogP contribution in [0.4, 0.5) is 0 Å². The zero-order valence-electron chi connectivity index (χ0n) is 11.4. The minimum atomic E-state index is -2.81. The van der Waals surface area contributed by atoms with Gasteiger partial charge in [-0.2, -0.15) is 5.10 Å². The SMILES string of the molecule is O=P(/C=C/n1cccn1)(c1ccccc1)c1ccccc1. The lowest BCUT2D eigenvalue weighted by atomic mass is 10.4. The largest absolute Gasteiger partial charge is 0.309 e. The van der Waals surface area contributed by atoms with Crippen molar-refractivity contribution in [2.24, 2.45) is 0 Å². The number of benzene rings is 2. The van der Waals surface area contributed by atoms with Gasteiger partial charge in [-0.05, 0) is 6.07 Å². The van der Waals surface area contributed by atoms with Gasteiger partial charge in [0.2, 0.25) is 0 Å². The minimum Gasteiger partial charge on any atom is -0.309 e. The normalized spacial score (nSPS) is 11.8. The van der Waals surface area contributed by atoms with Crippen LogP contribution >= 0.6 is 7.14 Å². The van der Waals surface area contributed by atoms with Gasteiger partial charge in [0, 0.05) is 35.0 Å². The van der Waals surface area contributed by atoms with Gasteiger partial charge in [-0.3, -0.25) is 0 Å². The molecule has 0 aliphatic carbocycles. The van der Waals surface area contributed by atoms with Gasteiger partial charge in [0.25, 0.3) is 0 Å². The van der Waals surface area contributed by atoms with Gasteiger partial charge < -0.3 is 4.57 Å². The highest BCUT2D eigenvalue weighted by Crippen LogP contribution is 2.44. The van der Waals surface area contributed by atoms with Crippen molar-refractivity contribution < 1.29 is 4.57 Å². The van der Waals surface area contributed by atoms with E-state index in [2.05, 4.69) is 5.10 Å². The number of rotatable bonds is 4. The van der Waals surface area contributed by atoms with E-state index < -0.39 is 7.14 Å². The number of aromatic nitrogens is 2. The number of nitrogens with zero attached hydrogens (tertiary/aromatic N) is 2. The lowest BCUT2D eigenvalue weighted by molar-refractivity contribution is 0.592. The maximum atomic E-state index is 13.6. The monoisotopic (exact) mass is 294 g/mol. The smallest absolute Gasteiger partial charge is 0.165 e. The van der Waals surface area contributed by atoms with E-state index >= 15 is 0 Å². The molecule has 0 radical (unpaired) electrons. The molecule has 0 fully saturated rings. The Balaban J connectivity index is 2.10. The van der Waals surface area contributed by atoms with Crippen molar-refractivity contribution in [2.45, 2.75) is 0 Å². The summed E-state index contributed by atoms with van der Waals surface area (Å²) in [6.07, 6.45) is 5.26. The van der Waals surface area contributed by atoms with Gasteiger partial charge in [0.15, 0.2) is 7.14 Å². The Kier molecular flexibility index (Phi) is 3.85. The fraction of sp³-hybridized carbons (Fsp3) is 0. The van der Waals surface area contributed by atoms with Gasteiger partial charge in [-0.25, -0.2) is 4.68 Å². The Labute approximate surface area is 123 Å². The molecule has 0 spiro atoms. The first kappa shape index (κ1) is 13.6. The third-order valence-electron chi connectivity index (χ3n) is 3.23. The van der Waals surface area contributed by atoms with Crippen molar-refractivity contribution in [1.82, 2.24) is 9.78 Å². The number of hydrogen-bond donors (Lipinski definition) is 0. The van der Waals surface area contributed by atoms with Crippen molar-refractivity contribution in [3.8, 4) is 0 Å². The van der Waals surface area contributed by atoms with E-state index in [-0.39, 0.29) is 0 Å². The topological polar surface area (TPSA) is 34.9 Å². The molecule has 1 aromatic heterocycles. The summed E-state index contributed by atoms with van der Waals surface area (Å²) in [5.74, 6) is 1.75. The van der Waals surface area contributed by atoms with Crippen LogP contribution in [-0.2, 0) is 4.57 Å². The standard InChI is InChI=1S/C17H15N2OP/c20-21(16-8-3-1-4-9-16,17-10-5-2-6-11-17)15-14-19-13-7-12-18-19/h1-15H/b15-14+. The maximum Gasteiger partial charge on any atom is 0.165 e. The molecule has 0 saturated carbocycles. The predicted octanol–water partition coefficient (Wildman–Crippen LogP) is 3.33. The molecule has 3 rings (SSSR count). The zero-order valence-corrected chi connectivity index (χ0v) is 12.3. The van der Waals surface area contributed by atoms with Gasteiger partial charge >= 0.3 is 0 Å².